The summed E-state index contributed by atoms with van der Waals surface area (Å²) in [6.45, 7) is 0. The number of halogens is 2. The fourth-order valence-corrected chi connectivity index (χ4v) is 2.33. The Morgan fingerprint density at radius 2 is 2.18 bits per heavy atom. The first-order valence-corrected chi connectivity index (χ1v) is 6.38. The number of hydrogen-bond acceptors (Lipinski definition) is 4. The van der Waals surface area contributed by atoms with Crippen molar-refractivity contribution in [1.29, 1.82) is 0 Å². The third-order valence-corrected chi connectivity index (χ3v) is 3.43. The molecule has 0 aliphatic carbocycles. The normalized spacial score (nSPS) is 10.5. The van der Waals surface area contributed by atoms with Crippen molar-refractivity contribution in [3.05, 3.63) is 44.9 Å². The van der Waals surface area contributed by atoms with Crippen LogP contribution in [0.2, 0.25) is 10.0 Å². The highest BCUT2D eigenvalue weighted by Gasteiger charge is 2.13. The van der Waals surface area contributed by atoms with Gasteiger partial charge in [0.1, 0.15) is 0 Å². The molecular formula is C11H8Cl2N2OS. The lowest BCUT2D eigenvalue weighted by atomic mass is 10.1. The minimum absolute atomic E-state index is 0.122. The van der Waals surface area contributed by atoms with E-state index in [2.05, 4.69) is 4.98 Å². The molecule has 2 aromatic rings. The van der Waals surface area contributed by atoms with E-state index in [9.17, 15) is 4.79 Å². The van der Waals surface area contributed by atoms with Crippen molar-refractivity contribution >= 4 is 45.5 Å². The van der Waals surface area contributed by atoms with E-state index < -0.39 is 0 Å². The number of anilines is 1. The number of nitrogen functional groups attached to an aromatic ring is 1. The van der Waals surface area contributed by atoms with Gasteiger partial charge in [0.25, 0.3) is 0 Å². The first kappa shape index (κ1) is 12.4. The molecule has 1 aromatic heterocycles. The maximum Gasteiger partial charge on any atom is 0.180 e. The lowest BCUT2D eigenvalue weighted by Crippen LogP contribution is -2.04. The van der Waals surface area contributed by atoms with Crippen molar-refractivity contribution in [3.8, 4) is 0 Å². The second-order valence-electron chi connectivity index (χ2n) is 3.40. The second kappa shape index (κ2) is 5.04. The van der Waals surface area contributed by atoms with E-state index in [-0.39, 0.29) is 12.2 Å². The number of rotatable bonds is 3. The van der Waals surface area contributed by atoms with Gasteiger partial charge in [-0.25, -0.2) is 4.98 Å². The van der Waals surface area contributed by atoms with Crippen LogP contribution in [0.3, 0.4) is 0 Å². The van der Waals surface area contributed by atoms with Crippen LogP contribution in [0.25, 0.3) is 0 Å². The molecular weight excluding hydrogens is 279 g/mol. The third kappa shape index (κ3) is 2.97. The number of carbonyl (C=O) groups excluding carboxylic acids is 1. The number of benzene rings is 1. The van der Waals surface area contributed by atoms with Crippen LogP contribution in [0, 0.1) is 0 Å². The van der Waals surface area contributed by atoms with E-state index in [4.69, 9.17) is 28.9 Å². The predicted molar refractivity (Wildman–Crippen MR) is 71.0 cm³/mol. The zero-order valence-electron chi connectivity index (χ0n) is 8.61. The molecule has 88 valence electrons. The smallest absolute Gasteiger partial charge is 0.180 e. The maximum absolute atomic E-state index is 12.0. The topological polar surface area (TPSA) is 56.0 Å². The fourth-order valence-electron chi connectivity index (χ4n) is 1.37. The molecule has 0 spiro atoms. The third-order valence-electron chi connectivity index (χ3n) is 2.14. The monoisotopic (exact) mass is 286 g/mol. The molecule has 0 saturated carbocycles. The number of ketones is 1. The second-order valence-corrected chi connectivity index (χ2v) is 5.13. The van der Waals surface area contributed by atoms with Gasteiger partial charge in [0.15, 0.2) is 10.9 Å². The number of aromatic nitrogens is 1. The lowest BCUT2D eigenvalue weighted by Gasteiger charge is -2.02. The molecule has 2 N–H and O–H groups in total. The minimum Gasteiger partial charge on any atom is -0.375 e. The van der Waals surface area contributed by atoms with Gasteiger partial charge >= 0.3 is 0 Å². The molecule has 0 atom stereocenters. The summed E-state index contributed by atoms with van der Waals surface area (Å²) in [5.74, 6) is -0.122. The van der Waals surface area contributed by atoms with Crippen molar-refractivity contribution in [2.24, 2.45) is 0 Å². The highest BCUT2D eigenvalue weighted by Crippen LogP contribution is 2.22. The number of thiazole rings is 1. The predicted octanol–water partition coefficient (Wildman–Crippen LogP) is 3.46. The van der Waals surface area contributed by atoms with Crippen molar-refractivity contribution in [1.82, 2.24) is 4.98 Å². The van der Waals surface area contributed by atoms with Crippen molar-refractivity contribution < 1.29 is 4.79 Å². The van der Waals surface area contributed by atoms with E-state index >= 15 is 0 Å². The SMILES string of the molecule is Nc1nc(CC(=O)c2cc(Cl)ccc2Cl)cs1. The summed E-state index contributed by atoms with van der Waals surface area (Å²) in [5.41, 5.74) is 6.55. The lowest BCUT2D eigenvalue weighted by molar-refractivity contribution is 0.0992. The van der Waals surface area contributed by atoms with Crippen LogP contribution < -0.4 is 5.73 Å². The van der Waals surface area contributed by atoms with E-state index in [0.717, 1.165) is 0 Å². The summed E-state index contributed by atoms with van der Waals surface area (Å²) in [7, 11) is 0. The summed E-state index contributed by atoms with van der Waals surface area (Å²) in [4.78, 5) is 16.0. The largest absolute Gasteiger partial charge is 0.375 e. The summed E-state index contributed by atoms with van der Waals surface area (Å²) in [5, 5.41) is 3.08. The van der Waals surface area contributed by atoms with Gasteiger partial charge in [-0.2, -0.15) is 0 Å². The van der Waals surface area contributed by atoms with Crippen molar-refractivity contribution in [2.75, 3.05) is 5.73 Å². The zero-order valence-corrected chi connectivity index (χ0v) is 10.9. The molecule has 0 amide bonds. The first-order valence-electron chi connectivity index (χ1n) is 4.74. The Labute approximate surface area is 112 Å². The standard InChI is InChI=1S/C11H8Cl2N2OS/c12-6-1-2-9(13)8(3-6)10(16)4-7-5-17-11(14)15-7/h1-3,5H,4H2,(H2,14,15). The van der Waals surface area contributed by atoms with Crippen molar-refractivity contribution in [3.63, 3.8) is 0 Å². The number of hydrogen-bond donors (Lipinski definition) is 1. The summed E-state index contributed by atoms with van der Waals surface area (Å²) >= 11 is 13.1. The maximum atomic E-state index is 12.0. The van der Waals surface area contributed by atoms with E-state index in [1.807, 2.05) is 0 Å². The zero-order chi connectivity index (χ0) is 12.4. The number of carbonyl (C=O) groups is 1. The minimum atomic E-state index is -0.122. The Balaban J connectivity index is 2.22. The first-order chi connectivity index (χ1) is 8.06. The Morgan fingerprint density at radius 3 is 2.82 bits per heavy atom. The molecule has 0 saturated heterocycles. The molecule has 0 radical (unpaired) electrons. The molecule has 0 aliphatic heterocycles. The number of nitrogens with two attached hydrogens (primary N) is 1. The summed E-state index contributed by atoms with van der Waals surface area (Å²) < 4.78 is 0. The molecule has 17 heavy (non-hydrogen) atoms. The van der Waals surface area contributed by atoms with Gasteiger partial charge in [-0.3, -0.25) is 4.79 Å². The Kier molecular flexibility index (Phi) is 3.66. The highest BCUT2D eigenvalue weighted by molar-refractivity contribution is 7.13. The van der Waals surface area contributed by atoms with Gasteiger partial charge in [0.2, 0.25) is 0 Å². The van der Waals surface area contributed by atoms with Gasteiger partial charge in [-0.1, -0.05) is 23.2 Å². The molecule has 0 fully saturated rings. The van der Waals surface area contributed by atoms with Crippen molar-refractivity contribution in [2.45, 2.75) is 6.42 Å². The molecule has 0 aliphatic rings. The van der Waals surface area contributed by atoms with Crippen LogP contribution in [0.1, 0.15) is 16.1 Å². The van der Waals surface area contributed by atoms with Crippen LogP contribution in [-0.4, -0.2) is 10.8 Å². The van der Waals surface area contributed by atoms with Crippen LogP contribution in [0.5, 0.6) is 0 Å². The molecule has 1 heterocycles. The number of Topliss-reactive ketones (excluding diaryl/α,β-unsaturated/α-hetero) is 1. The Morgan fingerprint density at radius 1 is 1.41 bits per heavy atom. The molecule has 3 nitrogen and oxygen atoms in total. The molecule has 0 bridgehead atoms. The molecule has 1 aromatic carbocycles. The molecule has 6 heteroatoms. The van der Waals surface area contributed by atoms with E-state index in [0.29, 0.717) is 26.4 Å². The molecule has 2 rings (SSSR count). The fraction of sp³-hybridized carbons (Fsp3) is 0.0909. The van der Waals surface area contributed by atoms with Gasteiger partial charge < -0.3 is 5.73 Å². The van der Waals surface area contributed by atoms with Gasteiger partial charge in [0, 0.05) is 16.0 Å². The van der Waals surface area contributed by atoms with Gasteiger partial charge in [-0.05, 0) is 18.2 Å². The van der Waals surface area contributed by atoms with Crippen LogP contribution in [0.15, 0.2) is 23.6 Å². The van der Waals surface area contributed by atoms with Crippen LogP contribution >= 0.6 is 34.5 Å². The summed E-state index contributed by atoms with van der Waals surface area (Å²) in [6, 6.07) is 4.80. The average Bonchev–Trinajstić information content (AvgIpc) is 2.67. The Hall–Kier alpha value is -1.10. The van der Waals surface area contributed by atoms with Crippen LogP contribution in [0.4, 0.5) is 5.13 Å². The highest BCUT2D eigenvalue weighted by atomic mass is 35.5. The quantitative estimate of drug-likeness (QED) is 0.879. The van der Waals surface area contributed by atoms with E-state index in [1.165, 1.54) is 11.3 Å². The van der Waals surface area contributed by atoms with Gasteiger partial charge in [0.05, 0.1) is 17.1 Å². The summed E-state index contributed by atoms with van der Waals surface area (Å²) in [6.07, 6.45) is 0.174. The molecule has 0 unspecified atom stereocenters. The van der Waals surface area contributed by atoms with Gasteiger partial charge in [-0.15, -0.1) is 11.3 Å². The Bertz CT molecular complexity index is 568. The van der Waals surface area contributed by atoms with E-state index in [1.54, 1.807) is 23.6 Å². The van der Waals surface area contributed by atoms with Crippen LogP contribution in [-0.2, 0) is 6.42 Å². The number of nitrogens with zero attached hydrogens (tertiary/aromatic N) is 1. The average molecular weight is 287 g/mol.